The first-order valence-electron chi connectivity index (χ1n) is 7.10. The summed E-state index contributed by atoms with van der Waals surface area (Å²) in [4.78, 5) is 0. The van der Waals surface area contributed by atoms with Crippen molar-refractivity contribution in [1.82, 2.24) is 0 Å². The maximum absolute atomic E-state index is 5.97. The molecule has 0 bridgehead atoms. The standard InChI is InChI=1S/C19H16O/c1-13-5-4-6-14(11-13)15-9-10-17-16-7-2-3-8-18(16)20-19(17)12-15/h2-10,12-13H,11H2,1H3. The molecular formula is C19H16O. The van der Waals surface area contributed by atoms with Gasteiger partial charge in [-0.1, -0.05) is 49.4 Å². The van der Waals surface area contributed by atoms with E-state index in [-0.39, 0.29) is 0 Å². The van der Waals surface area contributed by atoms with E-state index in [9.17, 15) is 0 Å². The van der Waals surface area contributed by atoms with E-state index < -0.39 is 0 Å². The molecule has 0 saturated carbocycles. The largest absolute Gasteiger partial charge is 0.456 e. The lowest BCUT2D eigenvalue weighted by Gasteiger charge is -2.14. The van der Waals surface area contributed by atoms with Crippen LogP contribution in [0.2, 0.25) is 0 Å². The third-order valence-electron chi connectivity index (χ3n) is 4.03. The van der Waals surface area contributed by atoms with Crippen LogP contribution in [-0.2, 0) is 0 Å². The molecule has 0 spiro atoms. The number of hydrogen-bond donors (Lipinski definition) is 0. The molecule has 1 heterocycles. The summed E-state index contributed by atoms with van der Waals surface area (Å²) in [6.07, 6.45) is 7.72. The van der Waals surface area contributed by atoms with Crippen molar-refractivity contribution in [1.29, 1.82) is 0 Å². The van der Waals surface area contributed by atoms with Crippen LogP contribution in [0.5, 0.6) is 0 Å². The number of hydrogen-bond acceptors (Lipinski definition) is 1. The van der Waals surface area contributed by atoms with Gasteiger partial charge in [-0.25, -0.2) is 0 Å². The molecule has 1 unspecified atom stereocenters. The van der Waals surface area contributed by atoms with E-state index in [2.05, 4.69) is 55.5 Å². The molecule has 4 rings (SSSR count). The fourth-order valence-electron chi connectivity index (χ4n) is 2.98. The first-order valence-corrected chi connectivity index (χ1v) is 7.10. The SMILES string of the molecule is CC1C=CC=C(c2ccc3c(c2)oc2ccccc23)C1. The molecular weight excluding hydrogens is 244 g/mol. The van der Waals surface area contributed by atoms with Gasteiger partial charge in [-0.15, -0.1) is 0 Å². The second-order valence-corrected chi connectivity index (χ2v) is 5.57. The molecule has 1 aliphatic carbocycles. The van der Waals surface area contributed by atoms with E-state index in [0.29, 0.717) is 5.92 Å². The zero-order valence-corrected chi connectivity index (χ0v) is 11.5. The van der Waals surface area contributed by atoms with Crippen molar-refractivity contribution in [2.75, 3.05) is 0 Å². The predicted octanol–water partition coefficient (Wildman–Crippen LogP) is 5.57. The highest BCUT2D eigenvalue weighted by atomic mass is 16.3. The van der Waals surface area contributed by atoms with Crippen LogP contribution in [0.4, 0.5) is 0 Å². The van der Waals surface area contributed by atoms with Crippen molar-refractivity contribution in [2.45, 2.75) is 13.3 Å². The van der Waals surface area contributed by atoms with Gasteiger partial charge in [0.2, 0.25) is 0 Å². The molecule has 0 saturated heterocycles. The van der Waals surface area contributed by atoms with Crippen molar-refractivity contribution in [3.8, 4) is 0 Å². The summed E-state index contributed by atoms with van der Waals surface area (Å²) in [5.74, 6) is 0.612. The van der Waals surface area contributed by atoms with Gasteiger partial charge in [-0.3, -0.25) is 0 Å². The molecule has 0 amide bonds. The Morgan fingerprint density at radius 1 is 1.00 bits per heavy atom. The van der Waals surface area contributed by atoms with Crippen LogP contribution in [0.15, 0.2) is 65.1 Å². The number of para-hydroxylation sites is 1. The molecule has 1 nitrogen and oxygen atoms in total. The summed E-state index contributed by atoms with van der Waals surface area (Å²) in [5.41, 5.74) is 4.60. The Morgan fingerprint density at radius 2 is 1.85 bits per heavy atom. The van der Waals surface area contributed by atoms with E-state index in [1.807, 2.05) is 12.1 Å². The van der Waals surface area contributed by atoms with Gasteiger partial charge >= 0.3 is 0 Å². The number of benzene rings is 2. The van der Waals surface area contributed by atoms with Crippen LogP contribution in [0, 0.1) is 5.92 Å². The second kappa shape index (κ2) is 4.38. The molecule has 98 valence electrons. The van der Waals surface area contributed by atoms with Gasteiger partial charge in [0.1, 0.15) is 11.2 Å². The number of fused-ring (bicyclic) bond motifs is 3. The lowest BCUT2D eigenvalue weighted by Crippen LogP contribution is -1.96. The molecule has 20 heavy (non-hydrogen) atoms. The summed E-state index contributed by atoms with van der Waals surface area (Å²) in [6.45, 7) is 2.25. The van der Waals surface area contributed by atoms with Crippen LogP contribution in [0.1, 0.15) is 18.9 Å². The molecule has 1 atom stereocenters. The van der Waals surface area contributed by atoms with Gasteiger partial charge in [-0.2, -0.15) is 0 Å². The smallest absolute Gasteiger partial charge is 0.136 e. The van der Waals surface area contributed by atoms with Crippen LogP contribution in [0.3, 0.4) is 0 Å². The fraction of sp³-hybridized carbons (Fsp3) is 0.158. The summed E-state index contributed by atoms with van der Waals surface area (Å²) in [7, 11) is 0. The Balaban J connectivity index is 1.89. The molecule has 0 radical (unpaired) electrons. The molecule has 3 aromatic rings. The van der Waals surface area contributed by atoms with Crippen LogP contribution in [-0.4, -0.2) is 0 Å². The minimum Gasteiger partial charge on any atom is -0.456 e. The number of furan rings is 1. The summed E-state index contributed by atoms with van der Waals surface area (Å²) in [6, 6.07) is 14.8. The van der Waals surface area contributed by atoms with Crippen molar-refractivity contribution < 1.29 is 4.42 Å². The highest BCUT2D eigenvalue weighted by molar-refractivity contribution is 6.05. The van der Waals surface area contributed by atoms with E-state index in [1.165, 1.54) is 21.9 Å². The zero-order valence-electron chi connectivity index (χ0n) is 11.5. The lowest BCUT2D eigenvalue weighted by atomic mass is 9.91. The van der Waals surface area contributed by atoms with Crippen LogP contribution < -0.4 is 0 Å². The normalized spacial score (nSPS) is 18.6. The Bertz CT molecular complexity index is 848. The van der Waals surface area contributed by atoms with Crippen LogP contribution in [0.25, 0.3) is 27.5 Å². The third kappa shape index (κ3) is 1.78. The third-order valence-corrected chi connectivity index (χ3v) is 4.03. The molecule has 2 aromatic carbocycles. The van der Waals surface area contributed by atoms with Crippen molar-refractivity contribution in [3.05, 3.63) is 66.3 Å². The highest BCUT2D eigenvalue weighted by Gasteiger charge is 2.11. The Kier molecular flexibility index (Phi) is 2.53. The zero-order chi connectivity index (χ0) is 13.5. The monoisotopic (exact) mass is 260 g/mol. The quantitative estimate of drug-likeness (QED) is 0.558. The molecule has 0 N–H and O–H groups in total. The fourth-order valence-corrected chi connectivity index (χ4v) is 2.98. The van der Waals surface area contributed by atoms with Gasteiger partial charge in [-0.05, 0) is 41.7 Å². The molecule has 0 fully saturated rings. The van der Waals surface area contributed by atoms with Crippen molar-refractivity contribution in [2.24, 2.45) is 5.92 Å². The molecule has 1 heteroatoms. The number of rotatable bonds is 1. The van der Waals surface area contributed by atoms with Gasteiger partial charge in [0.05, 0.1) is 0 Å². The lowest BCUT2D eigenvalue weighted by molar-refractivity contribution is 0.668. The maximum atomic E-state index is 5.97. The Hall–Kier alpha value is -2.28. The van der Waals surface area contributed by atoms with E-state index in [1.54, 1.807) is 0 Å². The topological polar surface area (TPSA) is 13.1 Å². The summed E-state index contributed by atoms with van der Waals surface area (Å²) in [5, 5.41) is 2.39. The van der Waals surface area contributed by atoms with Crippen LogP contribution >= 0.6 is 0 Å². The highest BCUT2D eigenvalue weighted by Crippen LogP contribution is 2.33. The van der Waals surface area contributed by atoms with E-state index in [4.69, 9.17) is 4.42 Å². The summed E-state index contributed by atoms with van der Waals surface area (Å²) < 4.78 is 5.97. The Morgan fingerprint density at radius 3 is 2.75 bits per heavy atom. The second-order valence-electron chi connectivity index (χ2n) is 5.57. The van der Waals surface area contributed by atoms with Gasteiger partial charge < -0.3 is 4.42 Å². The minimum atomic E-state index is 0.612. The summed E-state index contributed by atoms with van der Waals surface area (Å²) >= 11 is 0. The molecule has 1 aromatic heterocycles. The van der Waals surface area contributed by atoms with E-state index in [0.717, 1.165) is 17.6 Å². The minimum absolute atomic E-state index is 0.612. The first kappa shape index (κ1) is 11.5. The van der Waals surface area contributed by atoms with Gasteiger partial charge in [0, 0.05) is 10.8 Å². The average Bonchev–Trinajstić information content (AvgIpc) is 2.85. The number of allylic oxidation sites excluding steroid dienone is 4. The van der Waals surface area contributed by atoms with Gasteiger partial charge in [0.15, 0.2) is 0 Å². The van der Waals surface area contributed by atoms with Gasteiger partial charge in [0.25, 0.3) is 0 Å². The molecule has 0 aliphatic heterocycles. The van der Waals surface area contributed by atoms with Crippen molar-refractivity contribution >= 4 is 27.5 Å². The molecule has 1 aliphatic rings. The van der Waals surface area contributed by atoms with Crippen molar-refractivity contribution in [3.63, 3.8) is 0 Å². The average molecular weight is 260 g/mol. The Labute approximate surface area is 118 Å². The predicted molar refractivity (Wildman–Crippen MR) is 84.6 cm³/mol. The maximum Gasteiger partial charge on any atom is 0.136 e. The van der Waals surface area contributed by atoms with E-state index >= 15 is 0 Å². The first-order chi connectivity index (χ1) is 9.81.